The number of carbonyl (C=O) groups excluding carboxylic acids is 1. The Bertz CT molecular complexity index is 490. The first-order valence-corrected chi connectivity index (χ1v) is 7.55. The van der Waals surface area contributed by atoms with Gasteiger partial charge in [-0.1, -0.05) is 23.8 Å². The molecule has 2 rings (SSSR count). The van der Waals surface area contributed by atoms with Crippen molar-refractivity contribution >= 4 is 5.91 Å². The number of hydrogen-bond acceptors (Lipinski definition) is 2. The number of aryl methyl sites for hydroxylation is 2. The van der Waals surface area contributed by atoms with Crippen LogP contribution in [0.3, 0.4) is 0 Å². The van der Waals surface area contributed by atoms with E-state index in [2.05, 4.69) is 49.6 Å². The van der Waals surface area contributed by atoms with Crippen molar-refractivity contribution in [3.05, 3.63) is 34.9 Å². The minimum Gasteiger partial charge on any atom is -0.348 e. The number of piperidine rings is 1. The summed E-state index contributed by atoms with van der Waals surface area (Å²) in [4.78, 5) is 12.5. The van der Waals surface area contributed by atoms with Gasteiger partial charge in [-0.25, -0.2) is 0 Å². The third-order valence-corrected chi connectivity index (χ3v) is 4.36. The van der Waals surface area contributed by atoms with Gasteiger partial charge in [-0.15, -0.1) is 0 Å². The van der Waals surface area contributed by atoms with Crippen LogP contribution in [0.4, 0.5) is 0 Å². The third-order valence-electron chi connectivity index (χ3n) is 4.36. The van der Waals surface area contributed by atoms with Gasteiger partial charge in [0.2, 0.25) is 5.91 Å². The van der Waals surface area contributed by atoms with E-state index in [1.165, 1.54) is 16.7 Å². The molecule has 0 aliphatic carbocycles. The quantitative estimate of drug-likeness (QED) is 0.889. The second kappa shape index (κ2) is 5.96. The molecule has 0 aromatic heterocycles. The van der Waals surface area contributed by atoms with Gasteiger partial charge in [-0.3, -0.25) is 4.79 Å². The number of benzene rings is 1. The summed E-state index contributed by atoms with van der Waals surface area (Å²) in [6, 6.07) is 6.43. The monoisotopic (exact) mass is 274 g/mol. The molecule has 1 aromatic rings. The second-order valence-corrected chi connectivity index (χ2v) is 6.27. The zero-order chi connectivity index (χ0) is 14.8. The lowest BCUT2D eigenvalue weighted by molar-refractivity contribution is -0.128. The summed E-state index contributed by atoms with van der Waals surface area (Å²) in [5, 5.41) is 6.53. The predicted octanol–water partition coefficient (Wildman–Crippen LogP) is 3.01. The fourth-order valence-corrected chi connectivity index (χ4v) is 3.00. The SMILES string of the molecule is Cc1ccc(C(C)NC(=O)C2(C)CCCCN2)c(C)c1. The molecule has 0 bridgehead atoms. The molecular formula is C17H26N2O. The van der Waals surface area contributed by atoms with Gasteiger partial charge in [0, 0.05) is 0 Å². The first kappa shape index (κ1) is 15.0. The molecule has 1 saturated heterocycles. The van der Waals surface area contributed by atoms with E-state index in [9.17, 15) is 4.79 Å². The number of amides is 1. The van der Waals surface area contributed by atoms with Crippen LogP contribution in [0, 0.1) is 13.8 Å². The molecule has 1 aromatic carbocycles. The third kappa shape index (κ3) is 3.21. The predicted molar refractivity (Wildman–Crippen MR) is 82.7 cm³/mol. The Morgan fingerprint density at radius 3 is 2.70 bits per heavy atom. The molecule has 1 fully saturated rings. The summed E-state index contributed by atoms with van der Waals surface area (Å²) in [6.45, 7) is 9.19. The molecule has 1 aliphatic heterocycles. The number of hydrogen-bond donors (Lipinski definition) is 2. The van der Waals surface area contributed by atoms with Crippen molar-refractivity contribution in [2.24, 2.45) is 0 Å². The van der Waals surface area contributed by atoms with Crippen LogP contribution in [0.1, 0.15) is 55.8 Å². The highest BCUT2D eigenvalue weighted by Gasteiger charge is 2.34. The average molecular weight is 274 g/mol. The van der Waals surface area contributed by atoms with Gasteiger partial charge in [-0.2, -0.15) is 0 Å². The van der Waals surface area contributed by atoms with Gasteiger partial charge < -0.3 is 10.6 Å². The normalized spacial score (nSPS) is 24.2. The lowest BCUT2D eigenvalue weighted by atomic mass is 9.89. The van der Waals surface area contributed by atoms with Crippen LogP contribution in [0.25, 0.3) is 0 Å². The first-order chi connectivity index (χ1) is 9.42. The van der Waals surface area contributed by atoms with E-state index >= 15 is 0 Å². The van der Waals surface area contributed by atoms with Gasteiger partial charge in [0.15, 0.2) is 0 Å². The summed E-state index contributed by atoms with van der Waals surface area (Å²) in [5.41, 5.74) is 3.28. The molecule has 0 radical (unpaired) electrons. The van der Waals surface area contributed by atoms with Gasteiger partial charge in [0.05, 0.1) is 11.6 Å². The maximum Gasteiger partial charge on any atom is 0.240 e. The van der Waals surface area contributed by atoms with E-state index in [1.54, 1.807) is 0 Å². The Hall–Kier alpha value is -1.35. The number of nitrogens with one attached hydrogen (secondary N) is 2. The molecule has 2 unspecified atom stereocenters. The van der Waals surface area contributed by atoms with E-state index in [0.29, 0.717) is 0 Å². The lowest BCUT2D eigenvalue weighted by Gasteiger charge is -2.34. The van der Waals surface area contributed by atoms with Crippen LogP contribution >= 0.6 is 0 Å². The van der Waals surface area contributed by atoms with Gasteiger partial charge in [0.1, 0.15) is 0 Å². The van der Waals surface area contributed by atoms with E-state index in [-0.39, 0.29) is 11.9 Å². The smallest absolute Gasteiger partial charge is 0.240 e. The molecule has 1 heterocycles. The minimum atomic E-state index is -0.412. The van der Waals surface area contributed by atoms with Gasteiger partial charge in [0.25, 0.3) is 0 Å². The summed E-state index contributed by atoms with van der Waals surface area (Å²) < 4.78 is 0. The van der Waals surface area contributed by atoms with Crippen LogP contribution in [0.15, 0.2) is 18.2 Å². The van der Waals surface area contributed by atoms with E-state index in [4.69, 9.17) is 0 Å². The molecule has 0 spiro atoms. The topological polar surface area (TPSA) is 41.1 Å². The van der Waals surface area contributed by atoms with Crippen LogP contribution in [-0.2, 0) is 4.79 Å². The van der Waals surface area contributed by atoms with E-state index in [1.807, 2.05) is 6.92 Å². The Kier molecular flexibility index (Phi) is 4.48. The Morgan fingerprint density at radius 1 is 1.35 bits per heavy atom. The lowest BCUT2D eigenvalue weighted by Crippen LogP contribution is -2.57. The van der Waals surface area contributed by atoms with Crippen LogP contribution < -0.4 is 10.6 Å². The average Bonchev–Trinajstić information content (AvgIpc) is 2.39. The summed E-state index contributed by atoms with van der Waals surface area (Å²) in [5.74, 6) is 0.115. The highest BCUT2D eigenvalue weighted by atomic mass is 16.2. The Labute approximate surface area is 122 Å². The molecule has 0 saturated carbocycles. The molecule has 1 aliphatic rings. The fourth-order valence-electron chi connectivity index (χ4n) is 3.00. The van der Waals surface area contributed by atoms with Crippen molar-refractivity contribution in [1.29, 1.82) is 0 Å². The van der Waals surface area contributed by atoms with Crippen LogP contribution in [0.2, 0.25) is 0 Å². The molecular weight excluding hydrogens is 248 g/mol. The maximum absolute atomic E-state index is 12.5. The first-order valence-electron chi connectivity index (χ1n) is 7.55. The minimum absolute atomic E-state index is 0.0450. The van der Waals surface area contributed by atoms with E-state index < -0.39 is 5.54 Å². The Morgan fingerprint density at radius 2 is 2.10 bits per heavy atom. The summed E-state index contributed by atoms with van der Waals surface area (Å²) >= 11 is 0. The molecule has 3 nitrogen and oxygen atoms in total. The van der Waals surface area contributed by atoms with Crippen LogP contribution in [-0.4, -0.2) is 18.0 Å². The molecule has 2 N–H and O–H groups in total. The zero-order valence-electron chi connectivity index (χ0n) is 13.0. The highest BCUT2D eigenvalue weighted by molar-refractivity contribution is 5.86. The fraction of sp³-hybridized carbons (Fsp3) is 0.588. The zero-order valence-corrected chi connectivity index (χ0v) is 13.0. The van der Waals surface area contributed by atoms with Crippen molar-refractivity contribution in [3.8, 4) is 0 Å². The summed E-state index contributed by atoms with van der Waals surface area (Å²) in [6.07, 6.45) is 3.20. The molecule has 2 atom stereocenters. The second-order valence-electron chi connectivity index (χ2n) is 6.27. The van der Waals surface area contributed by atoms with E-state index in [0.717, 1.165) is 25.8 Å². The molecule has 3 heteroatoms. The highest BCUT2D eigenvalue weighted by Crippen LogP contribution is 2.22. The van der Waals surface area contributed by atoms with Gasteiger partial charge in [-0.05, 0) is 64.6 Å². The number of rotatable bonds is 3. The largest absolute Gasteiger partial charge is 0.348 e. The molecule has 110 valence electrons. The molecule has 1 amide bonds. The standard InChI is InChI=1S/C17H26N2O/c1-12-7-8-15(13(2)11-12)14(3)19-16(20)17(4)9-5-6-10-18-17/h7-8,11,14,18H,5-6,9-10H2,1-4H3,(H,19,20). The maximum atomic E-state index is 12.5. The van der Waals surface area contributed by atoms with Crippen molar-refractivity contribution in [2.45, 2.75) is 58.5 Å². The van der Waals surface area contributed by atoms with Crippen LogP contribution in [0.5, 0.6) is 0 Å². The Balaban J connectivity index is 2.07. The van der Waals surface area contributed by atoms with Gasteiger partial charge >= 0.3 is 0 Å². The van der Waals surface area contributed by atoms with Crippen molar-refractivity contribution in [2.75, 3.05) is 6.54 Å². The number of carbonyl (C=O) groups is 1. The summed E-state index contributed by atoms with van der Waals surface area (Å²) in [7, 11) is 0. The van der Waals surface area contributed by atoms with Crippen molar-refractivity contribution < 1.29 is 4.79 Å². The van der Waals surface area contributed by atoms with Crippen molar-refractivity contribution in [3.63, 3.8) is 0 Å². The van der Waals surface area contributed by atoms with Crippen molar-refractivity contribution in [1.82, 2.24) is 10.6 Å². The molecule has 20 heavy (non-hydrogen) atoms.